The maximum Gasteiger partial charge on any atom is 0.333 e. The number of hydrogen-bond acceptors (Lipinski definition) is 4. The zero-order valence-electron chi connectivity index (χ0n) is 18.5. The van der Waals surface area contributed by atoms with Crippen molar-refractivity contribution in [2.45, 2.75) is 71.1 Å². The Labute approximate surface area is 181 Å². The van der Waals surface area contributed by atoms with Crippen molar-refractivity contribution in [1.82, 2.24) is 0 Å². The SMILES string of the molecule is C=C(C)C(=O)OCCOC(=O)/C=C/c1ccc([C@H]2CC[C@H](CCCCC)CC2)cc1. The predicted octanol–water partition coefficient (Wildman–Crippen LogP) is 6.22. The Morgan fingerprint density at radius 3 is 2.33 bits per heavy atom. The number of benzene rings is 1. The van der Waals surface area contributed by atoms with Gasteiger partial charge >= 0.3 is 11.9 Å². The molecule has 0 spiro atoms. The molecule has 0 amide bonds. The van der Waals surface area contributed by atoms with Crippen LogP contribution in [0.15, 0.2) is 42.5 Å². The summed E-state index contributed by atoms with van der Waals surface area (Å²) in [7, 11) is 0. The lowest BCUT2D eigenvalue weighted by Gasteiger charge is -2.29. The van der Waals surface area contributed by atoms with E-state index < -0.39 is 11.9 Å². The van der Waals surface area contributed by atoms with Crippen molar-refractivity contribution in [3.8, 4) is 0 Å². The quantitative estimate of drug-likeness (QED) is 0.246. The zero-order chi connectivity index (χ0) is 21.8. The Bertz CT molecular complexity index is 709. The number of hydrogen-bond donors (Lipinski definition) is 0. The van der Waals surface area contributed by atoms with Crippen LogP contribution in [0.4, 0.5) is 0 Å². The number of ether oxygens (including phenoxy) is 2. The van der Waals surface area contributed by atoms with Gasteiger partial charge < -0.3 is 9.47 Å². The molecule has 2 rings (SSSR count). The smallest absolute Gasteiger partial charge is 0.333 e. The average Bonchev–Trinajstić information content (AvgIpc) is 2.76. The lowest BCUT2D eigenvalue weighted by Crippen LogP contribution is -2.13. The topological polar surface area (TPSA) is 52.6 Å². The molecule has 0 bridgehead atoms. The third-order valence-corrected chi connectivity index (χ3v) is 5.79. The predicted molar refractivity (Wildman–Crippen MR) is 121 cm³/mol. The van der Waals surface area contributed by atoms with Crippen LogP contribution in [0.5, 0.6) is 0 Å². The Kier molecular flexibility index (Phi) is 10.4. The lowest BCUT2D eigenvalue weighted by atomic mass is 9.77. The van der Waals surface area contributed by atoms with Gasteiger partial charge in [-0.1, -0.05) is 63.5 Å². The second kappa shape index (κ2) is 13.0. The molecule has 0 heterocycles. The maximum absolute atomic E-state index is 11.8. The molecule has 0 radical (unpaired) electrons. The van der Waals surface area contributed by atoms with Gasteiger partial charge in [0.15, 0.2) is 0 Å². The van der Waals surface area contributed by atoms with E-state index in [0.717, 1.165) is 11.5 Å². The van der Waals surface area contributed by atoms with Crippen molar-refractivity contribution in [3.05, 3.63) is 53.6 Å². The van der Waals surface area contributed by atoms with Crippen molar-refractivity contribution in [3.63, 3.8) is 0 Å². The third-order valence-electron chi connectivity index (χ3n) is 5.79. The normalized spacial score (nSPS) is 18.9. The van der Waals surface area contributed by atoms with Gasteiger partial charge in [-0.2, -0.15) is 0 Å². The van der Waals surface area contributed by atoms with Crippen LogP contribution in [0.1, 0.15) is 82.3 Å². The van der Waals surface area contributed by atoms with Crippen LogP contribution < -0.4 is 0 Å². The van der Waals surface area contributed by atoms with Crippen molar-refractivity contribution in [2.24, 2.45) is 5.92 Å². The molecule has 1 fully saturated rings. The number of esters is 2. The molecular formula is C26H36O4. The fourth-order valence-electron chi connectivity index (χ4n) is 3.96. The summed E-state index contributed by atoms with van der Waals surface area (Å²) in [5.41, 5.74) is 2.70. The molecule has 0 atom stereocenters. The van der Waals surface area contributed by atoms with Gasteiger partial charge in [0, 0.05) is 11.6 Å². The minimum Gasteiger partial charge on any atom is -0.459 e. The molecule has 30 heavy (non-hydrogen) atoms. The lowest BCUT2D eigenvalue weighted by molar-refractivity contribution is -0.146. The highest BCUT2D eigenvalue weighted by molar-refractivity contribution is 5.87. The summed E-state index contributed by atoms with van der Waals surface area (Å²) < 4.78 is 9.90. The highest BCUT2D eigenvalue weighted by atomic mass is 16.6. The van der Waals surface area contributed by atoms with E-state index in [1.807, 2.05) is 0 Å². The van der Waals surface area contributed by atoms with Gasteiger partial charge in [0.1, 0.15) is 13.2 Å². The molecule has 1 saturated carbocycles. The van der Waals surface area contributed by atoms with Gasteiger partial charge in [-0.25, -0.2) is 9.59 Å². The summed E-state index contributed by atoms with van der Waals surface area (Å²) in [5, 5.41) is 0. The van der Waals surface area contributed by atoms with Crippen LogP contribution in [0.25, 0.3) is 6.08 Å². The first-order chi connectivity index (χ1) is 14.5. The Hall–Kier alpha value is -2.36. The molecule has 0 unspecified atom stereocenters. The number of carbonyl (C=O) groups is 2. The van der Waals surface area contributed by atoms with Crippen LogP contribution in [-0.2, 0) is 19.1 Å². The standard InChI is InChI=1S/C26H36O4/c1-4-5-6-7-21-8-13-23(14-9-21)24-15-10-22(11-16-24)12-17-25(27)29-18-19-30-26(28)20(2)3/h10-12,15-17,21,23H,2,4-9,13-14,18-19H2,1,3H3/b17-12+/t21-,23-. The van der Waals surface area contributed by atoms with Crippen molar-refractivity contribution in [2.75, 3.05) is 13.2 Å². The van der Waals surface area contributed by atoms with E-state index in [-0.39, 0.29) is 13.2 Å². The minimum absolute atomic E-state index is 0.0286. The van der Waals surface area contributed by atoms with E-state index in [4.69, 9.17) is 9.47 Å². The summed E-state index contributed by atoms with van der Waals surface area (Å²) in [5.74, 6) is 0.654. The zero-order valence-corrected chi connectivity index (χ0v) is 18.5. The molecule has 0 N–H and O–H groups in total. The molecule has 164 valence electrons. The summed E-state index contributed by atoms with van der Waals surface area (Å²) in [6, 6.07) is 8.48. The first-order valence-electron chi connectivity index (χ1n) is 11.3. The summed E-state index contributed by atoms with van der Waals surface area (Å²) in [4.78, 5) is 23.0. The molecular weight excluding hydrogens is 376 g/mol. The molecule has 1 aromatic carbocycles. The van der Waals surface area contributed by atoms with Crippen LogP contribution in [0.2, 0.25) is 0 Å². The highest BCUT2D eigenvalue weighted by Crippen LogP contribution is 2.37. The fourth-order valence-corrected chi connectivity index (χ4v) is 3.96. The average molecular weight is 413 g/mol. The summed E-state index contributed by atoms with van der Waals surface area (Å²) >= 11 is 0. The largest absolute Gasteiger partial charge is 0.459 e. The third kappa shape index (κ3) is 8.56. The van der Waals surface area contributed by atoms with Crippen molar-refractivity contribution < 1.29 is 19.1 Å². The second-order valence-corrected chi connectivity index (χ2v) is 8.30. The van der Waals surface area contributed by atoms with Crippen LogP contribution in [-0.4, -0.2) is 25.2 Å². The van der Waals surface area contributed by atoms with Crippen LogP contribution >= 0.6 is 0 Å². The van der Waals surface area contributed by atoms with E-state index in [9.17, 15) is 9.59 Å². The van der Waals surface area contributed by atoms with E-state index >= 15 is 0 Å². The summed E-state index contributed by atoms with van der Waals surface area (Å²) in [6.07, 6.45) is 13.9. The minimum atomic E-state index is -0.480. The highest BCUT2D eigenvalue weighted by Gasteiger charge is 2.21. The maximum atomic E-state index is 11.8. The molecule has 1 aliphatic rings. The van der Waals surface area contributed by atoms with Gasteiger partial charge in [0.05, 0.1) is 0 Å². The molecule has 1 aliphatic carbocycles. The monoisotopic (exact) mass is 412 g/mol. The van der Waals surface area contributed by atoms with Gasteiger partial charge in [0.25, 0.3) is 0 Å². The Morgan fingerprint density at radius 2 is 1.70 bits per heavy atom. The number of carbonyl (C=O) groups excluding carboxylic acids is 2. The van der Waals surface area contributed by atoms with Crippen molar-refractivity contribution >= 4 is 18.0 Å². The summed E-state index contributed by atoms with van der Waals surface area (Å²) in [6.45, 7) is 7.39. The molecule has 1 aromatic rings. The Morgan fingerprint density at radius 1 is 1.03 bits per heavy atom. The first kappa shape index (κ1) is 23.9. The van der Waals surface area contributed by atoms with Gasteiger partial charge in [-0.05, 0) is 61.6 Å². The van der Waals surface area contributed by atoms with Gasteiger partial charge in [-0.15, -0.1) is 0 Å². The Balaban J connectivity index is 1.70. The number of unbranched alkanes of at least 4 members (excludes halogenated alkanes) is 2. The molecule has 0 aromatic heterocycles. The molecule has 0 aliphatic heterocycles. The van der Waals surface area contributed by atoms with E-state index in [1.165, 1.54) is 63.0 Å². The van der Waals surface area contributed by atoms with Gasteiger partial charge in [0.2, 0.25) is 0 Å². The van der Waals surface area contributed by atoms with Gasteiger partial charge in [-0.3, -0.25) is 0 Å². The fraction of sp³-hybridized carbons (Fsp3) is 0.538. The second-order valence-electron chi connectivity index (χ2n) is 8.30. The van der Waals surface area contributed by atoms with E-state index in [0.29, 0.717) is 11.5 Å². The molecule has 0 saturated heterocycles. The van der Waals surface area contributed by atoms with Crippen LogP contribution in [0, 0.1) is 5.92 Å². The van der Waals surface area contributed by atoms with Crippen molar-refractivity contribution in [1.29, 1.82) is 0 Å². The molecule has 4 nitrogen and oxygen atoms in total. The first-order valence-corrected chi connectivity index (χ1v) is 11.3. The number of rotatable bonds is 11. The molecule has 4 heteroatoms. The van der Waals surface area contributed by atoms with E-state index in [2.05, 4.69) is 37.8 Å². The van der Waals surface area contributed by atoms with Crippen LogP contribution in [0.3, 0.4) is 0 Å². The van der Waals surface area contributed by atoms with E-state index in [1.54, 1.807) is 13.0 Å².